The van der Waals surface area contributed by atoms with Gasteiger partial charge < -0.3 is 19.8 Å². The standard InChI is InChI=1S/2C3HF5O2.Cu/c2*4-2(5,1(9)10)3(6,7)8;/h2*(H,9,10);/q;;+2/p-2. The van der Waals surface area contributed by atoms with Crippen LogP contribution in [0.4, 0.5) is 43.9 Å². The molecule has 0 unspecified atom stereocenters. The summed E-state index contributed by atoms with van der Waals surface area (Å²) in [6, 6.07) is 0. The molecule has 0 saturated heterocycles. The van der Waals surface area contributed by atoms with Crippen LogP contribution in [0.2, 0.25) is 0 Å². The SMILES string of the molecule is O=C([O-])C(F)(F)C(F)(F)F.O=C([O-])C(F)(F)C(F)(F)F.[Cu+2]. The van der Waals surface area contributed by atoms with Crippen LogP contribution in [0.5, 0.6) is 0 Å². The second-order valence-corrected chi connectivity index (χ2v) is 2.72. The number of halogens is 10. The van der Waals surface area contributed by atoms with Gasteiger partial charge in [-0.2, -0.15) is 43.9 Å². The van der Waals surface area contributed by atoms with Crippen molar-refractivity contribution in [3.8, 4) is 0 Å². The third kappa shape index (κ3) is 6.37. The second-order valence-electron chi connectivity index (χ2n) is 2.72. The van der Waals surface area contributed by atoms with E-state index in [2.05, 4.69) is 0 Å². The van der Waals surface area contributed by atoms with Gasteiger partial charge in [-0.15, -0.1) is 0 Å². The van der Waals surface area contributed by atoms with Gasteiger partial charge in [0.05, 0.1) is 0 Å². The fourth-order valence-electron chi connectivity index (χ4n) is 0.231. The molecule has 0 aromatic heterocycles. The molecule has 0 rings (SSSR count). The molecule has 1 radical (unpaired) electrons. The topological polar surface area (TPSA) is 80.3 Å². The number of hydrogen-bond donors (Lipinski definition) is 0. The van der Waals surface area contributed by atoms with Crippen molar-refractivity contribution < 1.29 is 80.8 Å². The second kappa shape index (κ2) is 7.15. The van der Waals surface area contributed by atoms with E-state index in [1.807, 2.05) is 0 Å². The van der Waals surface area contributed by atoms with Crippen LogP contribution in [-0.4, -0.2) is 36.1 Å². The van der Waals surface area contributed by atoms with E-state index in [0.29, 0.717) is 0 Å². The first-order valence-corrected chi connectivity index (χ1v) is 3.71. The maximum atomic E-state index is 11.3. The minimum Gasteiger partial charge on any atom is -0.544 e. The van der Waals surface area contributed by atoms with E-state index in [0.717, 1.165) is 0 Å². The molecular formula is C6CuF10O4. The zero-order valence-electron chi connectivity index (χ0n) is 8.71. The largest absolute Gasteiger partial charge is 2.00 e. The van der Waals surface area contributed by atoms with E-state index >= 15 is 0 Å². The number of carboxylic acid groups (broad SMARTS) is 2. The maximum Gasteiger partial charge on any atom is 2.00 e. The molecular weight excluding hydrogens is 390 g/mol. The fraction of sp³-hybridized carbons (Fsp3) is 0.667. The first-order valence-electron chi connectivity index (χ1n) is 3.71. The Morgan fingerprint density at radius 3 is 0.714 bits per heavy atom. The van der Waals surface area contributed by atoms with Gasteiger partial charge in [0.2, 0.25) is 0 Å². The Kier molecular flexibility index (Phi) is 8.43. The molecule has 0 saturated carbocycles. The molecule has 129 valence electrons. The molecule has 0 N–H and O–H groups in total. The summed E-state index contributed by atoms with van der Waals surface area (Å²) in [5, 5.41) is 18.2. The fourth-order valence-corrected chi connectivity index (χ4v) is 0.231. The minimum absolute atomic E-state index is 0. The average Bonchev–Trinajstić information content (AvgIpc) is 2.14. The van der Waals surface area contributed by atoms with Crippen molar-refractivity contribution in [1.82, 2.24) is 0 Å². The summed E-state index contributed by atoms with van der Waals surface area (Å²) >= 11 is 0. The summed E-state index contributed by atoms with van der Waals surface area (Å²) < 4.78 is 111. The first kappa shape index (κ1) is 24.8. The van der Waals surface area contributed by atoms with Crippen LogP contribution in [0.15, 0.2) is 0 Å². The summed E-state index contributed by atoms with van der Waals surface area (Å²) in [5.41, 5.74) is 0. The quantitative estimate of drug-likeness (QED) is 0.487. The van der Waals surface area contributed by atoms with Crippen molar-refractivity contribution in [2.24, 2.45) is 0 Å². The third-order valence-electron chi connectivity index (χ3n) is 1.22. The van der Waals surface area contributed by atoms with Crippen molar-refractivity contribution in [2.45, 2.75) is 24.2 Å². The van der Waals surface area contributed by atoms with Gasteiger partial charge in [0, 0.05) is 0 Å². The number of carbonyl (C=O) groups is 2. The van der Waals surface area contributed by atoms with Crippen LogP contribution in [0, 0.1) is 0 Å². The van der Waals surface area contributed by atoms with Crippen LogP contribution in [-0.2, 0) is 26.7 Å². The molecule has 0 fully saturated rings. The molecule has 0 aromatic carbocycles. The normalized spacial score (nSPS) is 12.7. The van der Waals surface area contributed by atoms with E-state index in [1.54, 1.807) is 0 Å². The van der Waals surface area contributed by atoms with Crippen molar-refractivity contribution in [3.63, 3.8) is 0 Å². The molecule has 0 bridgehead atoms. The minimum atomic E-state index is -6.08. The Bertz CT molecular complexity index is 337. The molecule has 0 amide bonds. The van der Waals surface area contributed by atoms with Crippen LogP contribution in [0.1, 0.15) is 0 Å². The number of rotatable bonds is 2. The number of aliphatic carboxylic acids is 2. The molecule has 0 aliphatic rings. The number of alkyl halides is 10. The number of carbonyl (C=O) groups excluding carboxylic acids is 2. The monoisotopic (exact) mass is 389 g/mol. The Balaban J connectivity index is -0.000000295. The van der Waals surface area contributed by atoms with E-state index < -0.39 is 36.1 Å². The van der Waals surface area contributed by atoms with E-state index in [9.17, 15) is 43.9 Å². The van der Waals surface area contributed by atoms with Gasteiger partial charge in [0.1, 0.15) is 11.9 Å². The smallest absolute Gasteiger partial charge is 0.544 e. The molecule has 15 heteroatoms. The Morgan fingerprint density at radius 2 is 0.714 bits per heavy atom. The first-order chi connectivity index (χ1) is 8.39. The van der Waals surface area contributed by atoms with Crippen molar-refractivity contribution in [1.29, 1.82) is 0 Å². The van der Waals surface area contributed by atoms with Crippen molar-refractivity contribution in [3.05, 3.63) is 0 Å². The summed E-state index contributed by atoms with van der Waals surface area (Å²) in [4.78, 5) is 18.2. The van der Waals surface area contributed by atoms with Gasteiger partial charge >= 0.3 is 41.3 Å². The molecule has 0 heterocycles. The number of hydrogen-bond acceptors (Lipinski definition) is 4. The maximum absolute atomic E-state index is 11.3. The Morgan fingerprint density at radius 1 is 0.571 bits per heavy atom. The van der Waals surface area contributed by atoms with Gasteiger partial charge in [-0.3, -0.25) is 0 Å². The predicted molar refractivity (Wildman–Crippen MR) is 32.0 cm³/mol. The van der Waals surface area contributed by atoms with Gasteiger partial charge in [0.15, 0.2) is 0 Å². The zero-order valence-corrected chi connectivity index (χ0v) is 9.66. The molecule has 0 aliphatic heterocycles. The molecule has 0 aromatic rings. The zero-order chi connectivity index (χ0) is 17.2. The average molecular weight is 390 g/mol. The van der Waals surface area contributed by atoms with Gasteiger partial charge in [0.25, 0.3) is 0 Å². The summed E-state index contributed by atoms with van der Waals surface area (Å²) in [6.07, 6.45) is -12.2. The Hall–Kier alpha value is -1.24. The molecule has 0 spiro atoms. The van der Waals surface area contributed by atoms with Gasteiger partial charge in [-0.1, -0.05) is 0 Å². The molecule has 4 nitrogen and oxygen atoms in total. The van der Waals surface area contributed by atoms with Gasteiger partial charge in [-0.25, -0.2) is 0 Å². The van der Waals surface area contributed by atoms with Crippen LogP contribution in [0.3, 0.4) is 0 Å². The Labute approximate surface area is 118 Å². The van der Waals surface area contributed by atoms with Crippen LogP contribution < -0.4 is 10.2 Å². The third-order valence-corrected chi connectivity index (χ3v) is 1.22. The van der Waals surface area contributed by atoms with Crippen LogP contribution >= 0.6 is 0 Å². The van der Waals surface area contributed by atoms with Crippen molar-refractivity contribution >= 4 is 11.9 Å². The van der Waals surface area contributed by atoms with E-state index in [-0.39, 0.29) is 17.1 Å². The predicted octanol–water partition coefficient (Wildman–Crippen LogP) is -0.135. The summed E-state index contributed by atoms with van der Waals surface area (Å²) in [6.45, 7) is 0. The molecule has 0 atom stereocenters. The van der Waals surface area contributed by atoms with Gasteiger partial charge in [-0.05, 0) is 0 Å². The molecule has 21 heavy (non-hydrogen) atoms. The summed E-state index contributed by atoms with van der Waals surface area (Å²) in [7, 11) is 0. The van der Waals surface area contributed by atoms with Crippen molar-refractivity contribution in [2.75, 3.05) is 0 Å². The summed E-state index contributed by atoms with van der Waals surface area (Å²) in [5.74, 6) is -18.4. The number of carboxylic acids is 2. The van der Waals surface area contributed by atoms with E-state index in [1.165, 1.54) is 0 Å². The van der Waals surface area contributed by atoms with Crippen LogP contribution in [0.25, 0.3) is 0 Å². The molecule has 0 aliphatic carbocycles. The van der Waals surface area contributed by atoms with E-state index in [4.69, 9.17) is 19.8 Å².